The summed E-state index contributed by atoms with van der Waals surface area (Å²) in [6, 6.07) is 4.84. The lowest BCUT2D eigenvalue weighted by molar-refractivity contribution is 0.0191. The number of carbonyl (C=O) groups is 1. The largest absolute Gasteiger partial charge is 0.444 e. The van der Waals surface area contributed by atoms with Crippen molar-refractivity contribution in [2.24, 2.45) is 0 Å². The van der Waals surface area contributed by atoms with E-state index in [9.17, 15) is 4.79 Å². The number of piperazine rings is 1. The van der Waals surface area contributed by atoms with Gasteiger partial charge in [-0.15, -0.1) is 0 Å². The van der Waals surface area contributed by atoms with Crippen LogP contribution in [0.1, 0.15) is 45.4 Å². The first kappa shape index (κ1) is 19.0. The van der Waals surface area contributed by atoms with E-state index in [2.05, 4.69) is 24.0 Å². The van der Waals surface area contributed by atoms with Crippen LogP contribution in [0.15, 0.2) is 12.1 Å². The zero-order valence-corrected chi connectivity index (χ0v) is 16.6. The number of methoxy groups -OCH3 is 1. The highest BCUT2D eigenvalue weighted by molar-refractivity contribution is 5.69. The number of aromatic nitrogens is 1. The predicted molar refractivity (Wildman–Crippen MR) is 102 cm³/mol. The van der Waals surface area contributed by atoms with Gasteiger partial charge in [0.1, 0.15) is 11.4 Å². The van der Waals surface area contributed by atoms with Gasteiger partial charge < -0.3 is 19.3 Å². The number of aryl methyl sites for hydroxylation is 1. The van der Waals surface area contributed by atoms with Gasteiger partial charge in [-0.05, 0) is 58.6 Å². The van der Waals surface area contributed by atoms with Crippen molar-refractivity contribution < 1.29 is 14.3 Å². The maximum Gasteiger partial charge on any atom is 0.410 e. The Morgan fingerprint density at radius 1 is 1.31 bits per heavy atom. The second-order valence-electron chi connectivity index (χ2n) is 8.38. The van der Waals surface area contributed by atoms with Crippen molar-refractivity contribution in [3.05, 3.63) is 23.4 Å². The van der Waals surface area contributed by atoms with Crippen molar-refractivity contribution in [2.75, 3.05) is 31.7 Å². The number of anilines is 1. The molecule has 1 saturated heterocycles. The van der Waals surface area contributed by atoms with Crippen molar-refractivity contribution >= 4 is 11.9 Å². The van der Waals surface area contributed by atoms with E-state index in [1.54, 1.807) is 7.11 Å². The van der Waals surface area contributed by atoms with Crippen molar-refractivity contribution in [3.8, 4) is 0 Å². The van der Waals surface area contributed by atoms with Gasteiger partial charge in [0.25, 0.3) is 0 Å². The summed E-state index contributed by atoms with van der Waals surface area (Å²) in [6.45, 7) is 10.0. The Morgan fingerprint density at radius 3 is 2.77 bits per heavy atom. The molecule has 1 fully saturated rings. The van der Waals surface area contributed by atoms with Crippen molar-refractivity contribution in [1.82, 2.24) is 9.88 Å². The Kier molecular flexibility index (Phi) is 5.42. The van der Waals surface area contributed by atoms with Gasteiger partial charge >= 0.3 is 6.09 Å². The van der Waals surface area contributed by atoms with Gasteiger partial charge in [-0.2, -0.15) is 0 Å². The first-order valence-corrected chi connectivity index (χ1v) is 9.52. The van der Waals surface area contributed by atoms with Crippen molar-refractivity contribution in [3.63, 3.8) is 0 Å². The molecule has 0 saturated carbocycles. The van der Waals surface area contributed by atoms with Crippen LogP contribution in [-0.4, -0.2) is 60.5 Å². The van der Waals surface area contributed by atoms with Gasteiger partial charge in [0.2, 0.25) is 0 Å². The summed E-state index contributed by atoms with van der Waals surface area (Å²) in [5, 5.41) is 0. The van der Waals surface area contributed by atoms with Gasteiger partial charge in [-0.3, -0.25) is 0 Å². The van der Waals surface area contributed by atoms with E-state index in [1.165, 1.54) is 5.56 Å². The first-order chi connectivity index (χ1) is 12.3. The normalized spacial score (nSPS) is 22.2. The number of rotatable bonds is 4. The predicted octanol–water partition coefficient (Wildman–Crippen LogP) is 3.03. The van der Waals surface area contributed by atoms with Gasteiger partial charge in [-0.25, -0.2) is 9.78 Å². The molecule has 0 spiro atoms. The van der Waals surface area contributed by atoms with E-state index < -0.39 is 5.60 Å². The van der Waals surface area contributed by atoms with E-state index in [-0.39, 0.29) is 18.2 Å². The fourth-order valence-corrected chi connectivity index (χ4v) is 3.89. The van der Waals surface area contributed by atoms with Crippen LogP contribution in [0.2, 0.25) is 0 Å². The Bertz CT molecular complexity index is 656. The first-order valence-electron chi connectivity index (χ1n) is 9.52. The molecule has 0 N–H and O–H groups in total. The van der Waals surface area contributed by atoms with Crippen LogP contribution in [-0.2, 0) is 22.3 Å². The van der Waals surface area contributed by atoms with Gasteiger partial charge in [0, 0.05) is 38.5 Å². The Balaban J connectivity index is 1.71. The van der Waals surface area contributed by atoms with Crippen LogP contribution in [0.4, 0.5) is 10.6 Å². The average Bonchev–Trinajstić information content (AvgIpc) is 2.91. The molecule has 1 amide bonds. The average molecular weight is 361 g/mol. The fourth-order valence-electron chi connectivity index (χ4n) is 3.89. The molecule has 6 nitrogen and oxygen atoms in total. The minimum atomic E-state index is -0.464. The number of amides is 1. The Morgan fingerprint density at radius 2 is 2.08 bits per heavy atom. The quantitative estimate of drug-likeness (QED) is 0.772. The maximum absolute atomic E-state index is 12.5. The molecule has 144 valence electrons. The number of pyridine rings is 1. The molecule has 2 atom stereocenters. The van der Waals surface area contributed by atoms with Crippen LogP contribution in [0.3, 0.4) is 0 Å². The standard InChI is InChI=1S/C20H31N3O3/c1-14-12-22(19(24)26-20(2,3)4)13-17-11-15-8-9-16(7-6-10-25-5)21-18(15)23(14)17/h8-9,14,17H,6-7,10-13H2,1-5H3/t14-,17-/m1/s1. The number of hydrogen-bond acceptors (Lipinski definition) is 5. The van der Waals surface area contributed by atoms with E-state index in [4.69, 9.17) is 14.5 Å². The minimum absolute atomic E-state index is 0.215. The molecule has 26 heavy (non-hydrogen) atoms. The van der Waals surface area contributed by atoms with Crippen LogP contribution >= 0.6 is 0 Å². The molecule has 2 aliphatic rings. The molecule has 2 aliphatic heterocycles. The lowest BCUT2D eigenvalue weighted by Crippen LogP contribution is -2.58. The summed E-state index contributed by atoms with van der Waals surface area (Å²) in [5.41, 5.74) is 1.93. The summed E-state index contributed by atoms with van der Waals surface area (Å²) < 4.78 is 10.7. The van der Waals surface area contributed by atoms with Gasteiger partial charge in [0.15, 0.2) is 0 Å². The SMILES string of the molecule is COCCCc1ccc2c(n1)N1[C@H](C2)CN(C(=O)OC(C)(C)C)C[C@H]1C. The summed E-state index contributed by atoms with van der Waals surface area (Å²) in [6.07, 6.45) is 2.63. The van der Waals surface area contributed by atoms with Crippen LogP contribution in [0.5, 0.6) is 0 Å². The monoisotopic (exact) mass is 361 g/mol. The lowest BCUT2D eigenvalue weighted by Gasteiger charge is -2.43. The van der Waals surface area contributed by atoms with Crippen LogP contribution < -0.4 is 4.90 Å². The van der Waals surface area contributed by atoms with Crippen molar-refractivity contribution in [2.45, 2.75) is 64.6 Å². The smallest absolute Gasteiger partial charge is 0.410 e. The Hall–Kier alpha value is -1.82. The molecular weight excluding hydrogens is 330 g/mol. The highest BCUT2D eigenvalue weighted by Crippen LogP contribution is 2.35. The fraction of sp³-hybridized carbons (Fsp3) is 0.700. The molecule has 1 aromatic rings. The third-order valence-electron chi connectivity index (χ3n) is 4.93. The molecule has 3 heterocycles. The lowest BCUT2D eigenvalue weighted by atomic mass is 10.1. The zero-order valence-electron chi connectivity index (χ0n) is 16.6. The number of fused-ring (bicyclic) bond motifs is 3. The van der Waals surface area contributed by atoms with E-state index >= 15 is 0 Å². The van der Waals surface area contributed by atoms with Crippen LogP contribution in [0, 0.1) is 0 Å². The number of ether oxygens (including phenoxy) is 2. The number of hydrogen-bond donors (Lipinski definition) is 0. The number of carbonyl (C=O) groups excluding carboxylic acids is 1. The molecule has 3 rings (SSSR count). The molecule has 0 aromatic carbocycles. The topological polar surface area (TPSA) is 54.9 Å². The summed E-state index contributed by atoms with van der Waals surface area (Å²) >= 11 is 0. The van der Waals surface area contributed by atoms with Crippen molar-refractivity contribution in [1.29, 1.82) is 0 Å². The summed E-state index contributed by atoms with van der Waals surface area (Å²) in [5.74, 6) is 1.10. The minimum Gasteiger partial charge on any atom is -0.444 e. The molecule has 6 heteroatoms. The highest BCUT2D eigenvalue weighted by Gasteiger charge is 2.41. The van der Waals surface area contributed by atoms with Gasteiger partial charge in [0.05, 0.1) is 6.04 Å². The Labute approximate surface area is 156 Å². The van der Waals surface area contributed by atoms with Crippen LogP contribution in [0.25, 0.3) is 0 Å². The summed E-state index contributed by atoms with van der Waals surface area (Å²) in [4.78, 5) is 21.7. The van der Waals surface area contributed by atoms with Gasteiger partial charge in [-0.1, -0.05) is 6.07 Å². The molecular formula is C20H31N3O3. The molecule has 1 aromatic heterocycles. The maximum atomic E-state index is 12.5. The zero-order chi connectivity index (χ0) is 18.9. The molecule has 0 unspecified atom stereocenters. The molecule has 0 radical (unpaired) electrons. The third-order valence-corrected chi connectivity index (χ3v) is 4.93. The second-order valence-corrected chi connectivity index (χ2v) is 8.38. The third kappa shape index (κ3) is 4.11. The second kappa shape index (κ2) is 7.43. The number of nitrogens with zero attached hydrogens (tertiary/aromatic N) is 3. The molecule has 0 bridgehead atoms. The highest BCUT2D eigenvalue weighted by atomic mass is 16.6. The van der Waals surface area contributed by atoms with E-state index in [1.807, 2.05) is 25.7 Å². The summed E-state index contributed by atoms with van der Waals surface area (Å²) in [7, 11) is 1.73. The van der Waals surface area contributed by atoms with E-state index in [0.29, 0.717) is 13.1 Å². The molecule has 0 aliphatic carbocycles. The van der Waals surface area contributed by atoms with E-state index in [0.717, 1.165) is 37.4 Å².